The molecule has 2 N–H and O–H groups in total. The average molecular weight is 553 g/mol. The maximum Gasteiger partial charge on any atom is 0.228 e. The third-order valence-corrected chi connectivity index (χ3v) is 8.22. The summed E-state index contributed by atoms with van der Waals surface area (Å²) in [7, 11) is 1.61. The molecular weight excluding hydrogens is 520 g/mol. The Balaban J connectivity index is 1.45. The van der Waals surface area contributed by atoms with E-state index >= 15 is 0 Å². The van der Waals surface area contributed by atoms with Crippen molar-refractivity contribution in [3.8, 4) is 5.75 Å². The number of carbonyl (C=O) groups is 1. The van der Waals surface area contributed by atoms with Gasteiger partial charge >= 0.3 is 0 Å². The lowest BCUT2D eigenvalue weighted by atomic mass is 9.79. The highest BCUT2D eigenvalue weighted by Crippen LogP contribution is 2.43. The normalized spacial score (nSPS) is 12.1. The number of ketones is 1. The molecule has 3 heterocycles. The van der Waals surface area contributed by atoms with Crippen LogP contribution in [0.2, 0.25) is 0 Å². The molecule has 0 spiro atoms. The van der Waals surface area contributed by atoms with E-state index in [4.69, 9.17) is 9.15 Å². The molecule has 0 saturated carbocycles. The molecule has 5 heteroatoms. The number of H-pyrrole nitrogens is 2. The second-order valence-corrected chi connectivity index (χ2v) is 11.9. The van der Waals surface area contributed by atoms with Crippen molar-refractivity contribution in [1.29, 1.82) is 0 Å². The fourth-order valence-corrected chi connectivity index (χ4v) is 6.09. The number of furan rings is 1. The minimum absolute atomic E-state index is 0.0570. The lowest BCUT2D eigenvalue weighted by Crippen LogP contribution is -2.13. The summed E-state index contributed by atoms with van der Waals surface area (Å²) in [6.45, 7) is 6.56. The smallest absolute Gasteiger partial charge is 0.228 e. The summed E-state index contributed by atoms with van der Waals surface area (Å²) in [5.41, 5.74) is 7.90. The van der Waals surface area contributed by atoms with Crippen molar-refractivity contribution in [3.63, 3.8) is 0 Å². The van der Waals surface area contributed by atoms with Crippen LogP contribution in [0.1, 0.15) is 65.1 Å². The van der Waals surface area contributed by atoms with Crippen molar-refractivity contribution >= 4 is 38.6 Å². The zero-order valence-corrected chi connectivity index (χ0v) is 24.1. The van der Waals surface area contributed by atoms with Gasteiger partial charge in [0.25, 0.3) is 0 Å². The number of methoxy groups -OCH3 is 1. The highest BCUT2D eigenvalue weighted by atomic mass is 16.5. The van der Waals surface area contributed by atoms with Crippen molar-refractivity contribution in [1.82, 2.24) is 9.97 Å². The lowest BCUT2D eigenvalue weighted by Gasteiger charge is -2.24. The Morgan fingerprint density at radius 3 is 1.95 bits per heavy atom. The molecule has 42 heavy (non-hydrogen) atoms. The highest BCUT2D eigenvalue weighted by Gasteiger charge is 2.28. The number of nitrogens with one attached hydrogen (secondary N) is 2. The van der Waals surface area contributed by atoms with Crippen molar-refractivity contribution in [3.05, 3.63) is 137 Å². The Bertz CT molecular complexity index is 2010. The molecule has 0 bridgehead atoms. The summed E-state index contributed by atoms with van der Waals surface area (Å²) in [6, 6.07) is 30.3. The molecule has 0 amide bonds. The predicted molar refractivity (Wildman–Crippen MR) is 169 cm³/mol. The maximum absolute atomic E-state index is 13.5. The molecule has 5 nitrogen and oxygen atoms in total. The van der Waals surface area contributed by atoms with Crippen LogP contribution in [-0.2, 0) is 5.41 Å². The summed E-state index contributed by atoms with van der Waals surface area (Å²) in [5, 5.41) is 3.29. The number of para-hydroxylation sites is 2. The van der Waals surface area contributed by atoms with Gasteiger partial charge in [-0.3, -0.25) is 4.79 Å². The minimum atomic E-state index is -0.225. The molecule has 0 saturated heterocycles. The van der Waals surface area contributed by atoms with Crippen LogP contribution in [0.5, 0.6) is 5.75 Å². The van der Waals surface area contributed by atoms with Crippen molar-refractivity contribution in [2.75, 3.05) is 7.11 Å². The lowest BCUT2D eigenvalue weighted by molar-refractivity contribution is 0.101. The predicted octanol–water partition coefficient (Wildman–Crippen LogP) is 9.11. The van der Waals surface area contributed by atoms with Crippen molar-refractivity contribution < 1.29 is 13.9 Å². The second kappa shape index (κ2) is 9.81. The van der Waals surface area contributed by atoms with E-state index in [2.05, 4.69) is 104 Å². The maximum atomic E-state index is 13.5. The van der Waals surface area contributed by atoms with E-state index in [1.807, 2.05) is 6.07 Å². The van der Waals surface area contributed by atoms with Gasteiger partial charge in [-0.05, 0) is 70.6 Å². The molecule has 0 aliphatic carbocycles. The first-order valence-corrected chi connectivity index (χ1v) is 14.2. The first-order chi connectivity index (χ1) is 20.3. The molecule has 208 valence electrons. The third-order valence-electron chi connectivity index (χ3n) is 8.22. The van der Waals surface area contributed by atoms with Crippen LogP contribution >= 0.6 is 0 Å². The summed E-state index contributed by atoms with van der Waals surface area (Å²) in [4.78, 5) is 20.5. The highest BCUT2D eigenvalue weighted by molar-refractivity contribution is 6.09. The topological polar surface area (TPSA) is 71.0 Å². The molecule has 7 rings (SSSR count). The van der Waals surface area contributed by atoms with Gasteiger partial charge in [-0.15, -0.1) is 0 Å². The monoisotopic (exact) mass is 552 g/mol. The number of ether oxygens (including phenoxy) is 1. The van der Waals surface area contributed by atoms with E-state index in [0.717, 1.165) is 33.1 Å². The number of hydrogen-bond acceptors (Lipinski definition) is 3. The number of rotatable bonds is 6. The fourth-order valence-electron chi connectivity index (χ4n) is 6.09. The van der Waals surface area contributed by atoms with Gasteiger partial charge in [0.15, 0.2) is 5.76 Å². The van der Waals surface area contributed by atoms with Gasteiger partial charge in [0.1, 0.15) is 11.3 Å². The molecule has 0 aliphatic heterocycles. The van der Waals surface area contributed by atoms with Gasteiger partial charge in [0.2, 0.25) is 5.78 Å². The molecule has 7 aromatic rings. The average Bonchev–Trinajstić information content (AvgIpc) is 3.74. The van der Waals surface area contributed by atoms with Crippen molar-refractivity contribution in [2.45, 2.75) is 32.1 Å². The van der Waals surface area contributed by atoms with Gasteiger partial charge in [-0.25, -0.2) is 0 Å². The molecule has 4 aromatic carbocycles. The van der Waals surface area contributed by atoms with E-state index in [1.165, 1.54) is 21.9 Å². The number of benzene rings is 4. The van der Waals surface area contributed by atoms with Crippen LogP contribution < -0.4 is 4.74 Å². The van der Waals surface area contributed by atoms with Crippen LogP contribution in [0.25, 0.3) is 32.8 Å². The second-order valence-electron chi connectivity index (χ2n) is 11.9. The first kappa shape index (κ1) is 25.9. The number of hydrogen-bond donors (Lipinski definition) is 2. The van der Waals surface area contributed by atoms with Crippen LogP contribution in [0, 0.1) is 0 Å². The van der Waals surface area contributed by atoms with Gasteiger partial charge in [0, 0.05) is 56.6 Å². The van der Waals surface area contributed by atoms with Crippen LogP contribution in [0.3, 0.4) is 0 Å². The van der Waals surface area contributed by atoms with Gasteiger partial charge < -0.3 is 19.1 Å². The summed E-state index contributed by atoms with van der Waals surface area (Å²) in [5.74, 6) is 0.823. The Morgan fingerprint density at radius 1 is 0.786 bits per heavy atom. The van der Waals surface area contributed by atoms with E-state index in [0.29, 0.717) is 17.1 Å². The van der Waals surface area contributed by atoms with Gasteiger partial charge in [-0.2, -0.15) is 0 Å². The van der Waals surface area contributed by atoms with Crippen LogP contribution in [0.15, 0.2) is 108 Å². The summed E-state index contributed by atoms with van der Waals surface area (Å²) >= 11 is 0. The first-order valence-electron chi connectivity index (χ1n) is 14.2. The van der Waals surface area contributed by atoms with E-state index in [-0.39, 0.29) is 17.1 Å². The Hall–Kier alpha value is -5.03. The van der Waals surface area contributed by atoms with Crippen LogP contribution in [-0.4, -0.2) is 22.9 Å². The molecule has 3 aromatic heterocycles. The molecule has 0 unspecified atom stereocenters. The van der Waals surface area contributed by atoms with Gasteiger partial charge in [0.05, 0.1) is 7.11 Å². The van der Waals surface area contributed by atoms with Gasteiger partial charge in [-0.1, -0.05) is 63.2 Å². The quantitative estimate of drug-likeness (QED) is 0.202. The van der Waals surface area contributed by atoms with Crippen LogP contribution in [0.4, 0.5) is 0 Å². The molecule has 0 atom stereocenters. The minimum Gasteiger partial charge on any atom is -0.497 e. The Morgan fingerprint density at radius 2 is 1.38 bits per heavy atom. The molecule has 0 fully saturated rings. The Kier molecular flexibility index (Phi) is 6.05. The zero-order valence-electron chi connectivity index (χ0n) is 24.1. The SMILES string of the molecule is COc1ccc(C(=O)c2cc3cc(C(c4c[nH]c5ccccc45)c4c[nH]c5ccccc45)cc(C(C)(C)C)c3o2)cc1. The zero-order chi connectivity index (χ0) is 29.0. The molecular formula is C37H32N2O3. The third kappa shape index (κ3) is 4.29. The number of fused-ring (bicyclic) bond motifs is 3. The van der Waals surface area contributed by atoms with E-state index in [1.54, 1.807) is 31.4 Å². The fraction of sp³-hybridized carbons (Fsp3) is 0.162. The Labute approximate surface area is 244 Å². The van der Waals surface area contributed by atoms with Crippen molar-refractivity contribution in [2.24, 2.45) is 0 Å². The summed E-state index contributed by atoms with van der Waals surface area (Å²) in [6.07, 6.45) is 4.26. The molecule has 0 aliphatic rings. The summed E-state index contributed by atoms with van der Waals surface area (Å²) < 4.78 is 11.6. The number of carbonyl (C=O) groups excluding carboxylic acids is 1. The standard InChI is InChI=1S/C37H32N2O3/c1-37(2,3)30-18-23(17-24-19-33(42-36(24)30)35(40)22-13-15-25(41-4)16-14-22)34(28-20-38-31-11-7-5-9-26(28)31)29-21-39-32-12-8-6-10-27(29)32/h5-21,34,38-39H,1-4H3. The van der Waals surface area contributed by atoms with E-state index < -0.39 is 0 Å². The largest absolute Gasteiger partial charge is 0.497 e. The number of aromatic nitrogens is 2. The molecule has 0 radical (unpaired) electrons. The number of aromatic amines is 2. The van der Waals surface area contributed by atoms with E-state index in [9.17, 15) is 4.79 Å².